The van der Waals surface area contributed by atoms with Crippen molar-refractivity contribution in [1.29, 1.82) is 0 Å². The summed E-state index contributed by atoms with van der Waals surface area (Å²) >= 11 is 0. The minimum absolute atomic E-state index is 0.245. The number of nitrogens with zero attached hydrogens (tertiary/aromatic N) is 3. The molecule has 1 saturated carbocycles. The monoisotopic (exact) mass is 667 g/mol. The molecule has 2 aliphatic carbocycles. The molecule has 50 heavy (non-hydrogen) atoms. The predicted molar refractivity (Wildman–Crippen MR) is 189 cm³/mol. The molecule has 0 radical (unpaired) electrons. The van der Waals surface area contributed by atoms with Crippen LogP contribution in [0.4, 0.5) is 0 Å². The second-order valence-electron chi connectivity index (χ2n) is 13.3. The number of allylic oxidation sites excluding steroid dienone is 2. The lowest BCUT2D eigenvalue weighted by Gasteiger charge is -2.36. The molecule has 2 aromatic heterocycles. The van der Waals surface area contributed by atoms with Crippen LogP contribution in [0.15, 0.2) is 127 Å². The molecule has 4 aromatic rings. The Labute approximate surface area is 292 Å². The molecule has 2 aromatic carbocycles. The first-order chi connectivity index (χ1) is 24.4. The molecule has 8 nitrogen and oxygen atoms in total. The highest BCUT2D eigenvalue weighted by Crippen LogP contribution is 2.64. The summed E-state index contributed by atoms with van der Waals surface area (Å²) in [5, 5.41) is 13.0. The Morgan fingerprint density at radius 2 is 1.46 bits per heavy atom. The smallest absolute Gasteiger partial charge is 0.307 e. The Morgan fingerprint density at radius 3 is 2.14 bits per heavy atom. The van der Waals surface area contributed by atoms with Crippen LogP contribution in [0.3, 0.4) is 0 Å². The first-order valence-electron chi connectivity index (χ1n) is 17.6. The molecular weight excluding hydrogens is 626 g/mol. The van der Waals surface area contributed by atoms with Crippen LogP contribution in [0.25, 0.3) is 5.57 Å². The number of rotatable bonds is 13. The molecule has 2 fully saturated rings. The molecule has 3 aliphatic rings. The van der Waals surface area contributed by atoms with Crippen molar-refractivity contribution in [3.8, 4) is 0 Å². The Balaban J connectivity index is 1.32. The summed E-state index contributed by atoms with van der Waals surface area (Å²) in [7, 11) is 0. The fraction of sp³-hybridized carbons (Fsp3) is 0.310. The van der Waals surface area contributed by atoms with Crippen LogP contribution >= 0.6 is 0 Å². The molecule has 5 unspecified atom stereocenters. The van der Waals surface area contributed by atoms with Crippen molar-refractivity contribution in [1.82, 2.24) is 14.9 Å². The first-order valence-corrected chi connectivity index (χ1v) is 17.6. The number of aromatic nitrogens is 2. The number of hydrogen-bond acceptors (Lipinski definition) is 7. The second kappa shape index (κ2) is 14.3. The lowest BCUT2D eigenvalue weighted by Crippen LogP contribution is -2.39. The van der Waals surface area contributed by atoms with Crippen molar-refractivity contribution in [2.45, 2.75) is 51.0 Å². The average molecular weight is 668 g/mol. The highest BCUT2D eigenvalue weighted by molar-refractivity contribution is 6.08. The van der Waals surface area contributed by atoms with Gasteiger partial charge in [-0.05, 0) is 53.0 Å². The van der Waals surface area contributed by atoms with Gasteiger partial charge in [0.25, 0.3) is 0 Å². The van der Waals surface area contributed by atoms with Crippen molar-refractivity contribution in [3.05, 3.63) is 149 Å². The summed E-state index contributed by atoms with van der Waals surface area (Å²) < 4.78 is 5.52. The highest BCUT2D eigenvalue weighted by atomic mass is 16.5. The Bertz CT molecular complexity index is 1830. The largest absolute Gasteiger partial charge is 0.444 e. The zero-order chi connectivity index (χ0) is 34.7. The van der Waals surface area contributed by atoms with Crippen molar-refractivity contribution in [2.24, 2.45) is 23.7 Å². The van der Waals surface area contributed by atoms with E-state index in [9.17, 15) is 19.5 Å². The number of likely N-dealkylation sites (tertiary alicyclic amines) is 1. The van der Waals surface area contributed by atoms with E-state index in [0.29, 0.717) is 28.9 Å². The number of carbonyl (C=O) groups excluding carboxylic acids is 3. The van der Waals surface area contributed by atoms with Crippen LogP contribution in [0, 0.1) is 23.7 Å². The number of unbranched alkanes of at least 4 members (excludes halogenated alkanes) is 4. The minimum atomic E-state index is -1.70. The van der Waals surface area contributed by atoms with E-state index in [-0.39, 0.29) is 12.3 Å². The number of aliphatic hydroxyl groups is 1. The van der Waals surface area contributed by atoms with Crippen LogP contribution in [-0.2, 0) is 24.7 Å². The van der Waals surface area contributed by atoms with Gasteiger partial charge in [0.15, 0.2) is 12.3 Å². The lowest BCUT2D eigenvalue weighted by atomic mass is 9.71. The number of amides is 2. The zero-order valence-electron chi connectivity index (χ0n) is 28.2. The third kappa shape index (κ3) is 5.87. The number of fused-ring (bicyclic) bond motifs is 5. The van der Waals surface area contributed by atoms with Crippen molar-refractivity contribution < 1.29 is 24.2 Å². The number of carbonyl (C=O) groups is 3. The van der Waals surface area contributed by atoms with E-state index in [2.05, 4.69) is 11.9 Å². The van der Waals surface area contributed by atoms with E-state index < -0.39 is 47.9 Å². The molecule has 1 aliphatic heterocycles. The fourth-order valence-electron chi connectivity index (χ4n) is 8.12. The number of benzene rings is 2. The van der Waals surface area contributed by atoms with Crippen LogP contribution in [0.5, 0.6) is 0 Å². The molecule has 7 rings (SSSR count). The Hall–Kier alpha value is -5.21. The number of esters is 1. The highest BCUT2D eigenvalue weighted by Gasteiger charge is 2.67. The van der Waals surface area contributed by atoms with Crippen molar-refractivity contribution in [2.75, 3.05) is 6.73 Å². The van der Waals surface area contributed by atoms with Gasteiger partial charge in [-0.1, -0.05) is 111 Å². The summed E-state index contributed by atoms with van der Waals surface area (Å²) in [6.45, 7) is 1.72. The van der Waals surface area contributed by atoms with E-state index in [1.807, 2.05) is 91.0 Å². The molecule has 8 heteroatoms. The predicted octanol–water partition coefficient (Wildman–Crippen LogP) is 6.86. The summed E-state index contributed by atoms with van der Waals surface area (Å²) in [4.78, 5) is 51.8. The zero-order valence-corrected chi connectivity index (χ0v) is 28.2. The van der Waals surface area contributed by atoms with Gasteiger partial charge in [0, 0.05) is 36.2 Å². The van der Waals surface area contributed by atoms with Gasteiger partial charge >= 0.3 is 5.97 Å². The van der Waals surface area contributed by atoms with E-state index in [0.717, 1.165) is 47.3 Å². The van der Waals surface area contributed by atoms with E-state index in [1.54, 1.807) is 24.5 Å². The minimum Gasteiger partial charge on any atom is -0.444 e. The summed E-state index contributed by atoms with van der Waals surface area (Å²) in [5.74, 6) is -3.91. The Morgan fingerprint density at radius 1 is 0.800 bits per heavy atom. The topological polar surface area (TPSA) is 110 Å². The molecule has 1 saturated heterocycles. The average Bonchev–Trinajstić information content (AvgIpc) is 3.78. The van der Waals surface area contributed by atoms with E-state index in [1.165, 1.54) is 0 Å². The third-order valence-electron chi connectivity index (χ3n) is 10.4. The van der Waals surface area contributed by atoms with E-state index >= 15 is 0 Å². The number of pyridine rings is 2. The lowest BCUT2D eigenvalue weighted by molar-refractivity contribution is -0.156. The van der Waals surface area contributed by atoms with Crippen molar-refractivity contribution >= 4 is 23.4 Å². The first kappa shape index (κ1) is 33.3. The molecule has 1 N–H and O–H groups in total. The van der Waals surface area contributed by atoms with Gasteiger partial charge in [-0.25, -0.2) is 4.90 Å². The molecule has 0 spiro atoms. The van der Waals surface area contributed by atoms with Gasteiger partial charge in [-0.2, -0.15) is 0 Å². The molecule has 2 amide bonds. The van der Waals surface area contributed by atoms with E-state index in [4.69, 9.17) is 9.72 Å². The van der Waals surface area contributed by atoms with Crippen LogP contribution in [0.2, 0.25) is 0 Å². The number of hydrogen-bond donors (Lipinski definition) is 1. The van der Waals surface area contributed by atoms with Gasteiger partial charge < -0.3 is 9.84 Å². The molecule has 5 atom stereocenters. The van der Waals surface area contributed by atoms with Crippen LogP contribution in [0.1, 0.15) is 68.0 Å². The molecule has 2 bridgehead atoms. The van der Waals surface area contributed by atoms with Crippen LogP contribution < -0.4 is 0 Å². The summed E-state index contributed by atoms with van der Waals surface area (Å²) in [6.07, 6.45) is 10.5. The van der Waals surface area contributed by atoms with Gasteiger partial charge in [-0.3, -0.25) is 24.4 Å². The normalized spacial score (nSPS) is 23.0. The van der Waals surface area contributed by atoms with Gasteiger partial charge in [-0.15, -0.1) is 0 Å². The van der Waals surface area contributed by atoms with Gasteiger partial charge in [0.2, 0.25) is 11.8 Å². The maximum Gasteiger partial charge on any atom is 0.307 e. The second-order valence-corrected chi connectivity index (χ2v) is 13.3. The van der Waals surface area contributed by atoms with Gasteiger partial charge in [0.1, 0.15) is 0 Å². The summed E-state index contributed by atoms with van der Waals surface area (Å²) in [5.41, 5.74) is 3.23. The van der Waals surface area contributed by atoms with Gasteiger partial charge in [0.05, 0.1) is 23.2 Å². The Kier molecular flexibility index (Phi) is 9.55. The molecule has 3 heterocycles. The molecule has 254 valence electrons. The van der Waals surface area contributed by atoms with Crippen molar-refractivity contribution in [3.63, 3.8) is 0 Å². The fourth-order valence-corrected chi connectivity index (χ4v) is 8.12. The van der Waals surface area contributed by atoms with Crippen LogP contribution in [-0.4, -0.2) is 44.5 Å². The number of imide groups is 1. The maximum atomic E-state index is 14.5. The molecular formula is C42H41N3O5. The number of ether oxygens (including phenoxy) is 1. The third-order valence-corrected chi connectivity index (χ3v) is 10.4. The standard InChI is InChI=1S/C42H41N3O5/c1-2-3-4-5-12-23-34(46)50-27-45-40(47)37-30-26-31(42(49,29-19-10-7-11-20-29)33-22-14-16-25-44-33)38(39(37)41(45)48)36(30)35(28-17-8-6-9-18-28)32-21-13-15-24-43-32/h6-11,13-22,24-26,30,37-39,49H,2-5,12,23,27H2,1H3. The summed E-state index contributed by atoms with van der Waals surface area (Å²) in [6, 6.07) is 30.3. The maximum absolute atomic E-state index is 14.5. The SMILES string of the molecule is CCCCCCCC(=O)OCN1C(=O)C2C3C=C(C(O)(c4ccccc4)c4ccccn4)C(C3=C(c3ccccc3)c3ccccn3)C2C1=O. The quantitative estimate of drug-likeness (QED) is 0.0718.